The quantitative estimate of drug-likeness (QED) is 0.676. The highest BCUT2D eigenvalue weighted by molar-refractivity contribution is 8.00. The van der Waals surface area contributed by atoms with Gasteiger partial charge in [-0.3, -0.25) is 5.73 Å². The molecule has 0 fully saturated rings. The van der Waals surface area contributed by atoms with E-state index < -0.39 is 5.12 Å². The predicted molar refractivity (Wildman–Crippen MR) is 107 cm³/mol. The maximum atomic E-state index is 6.74. The number of nitrogens with zero attached hydrogens (tertiary/aromatic N) is 2. The summed E-state index contributed by atoms with van der Waals surface area (Å²) in [4.78, 5) is 5.62. The van der Waals surface area contributed by atoms with Crippen molar-refractivity contribution in [2.45, 2.75) is 16.1 Å². The molecule has 3 aromatic carbocycles. The lowest BCUT2D eigenvalue weighted by molar-refractivity contribution is 0.127. The number of hydrazine groups is 1. The van der Waals surface area contributed by atoms with Gasteiger partial charge in [-0.1, -0.05) is 90.6 Å². The van der Waals surface area contributed by atoms with Gasteiger partial charge in [0.05, 0.1) is 6.04 Å². The van der Waals surface area contributed by atoms with Crippen LogP contribution < -0.4 is 11.2 Å². The van der Waals surface area contributed by atoms with Gasteiger partial charge in [0, 0.05) is 4.90 Å². The highest BCUT2D eigenvalue weighted by Gasteiger charge is 2.42. The Hall–Kier alpha value is -2.60. The highest BCUT2D eigenvalue weighted by atomic mass is 32.2. The van der Waals surface area contributed by atoms with E-state index in [1.807, 2.05) is 71.7 Å². The minimum Gasteiger partial charge on any atom is -0.305 e. The van der Waals surface area contributed by atoms with Crippen molar-refractivity contribution in [1.82, 2.24) is 10.4 Å². The smallest absolute Gasteiger partial charge is 0.237 e. The Balaban J connectivity index is 1.73. The molecule has 0 radical (unpaired) electrons. The molecule has 0 saturated heterocycles. The maximum Gasteiger partial charge on any atom is 0.237 e. The third-order valence-electron chi connectivity index (χ3n) is 4.29. The van der Waals surface area contributed by atoms with Gasteiger partial charge in [-0.15, -0.1) is 0 Å². The number of rotatable bonds is 5. The van der Waals surface area contributed by atoms with E-state index in [0.29, 0.717) is 0 Å². The molecule has 0 bridgehead atoms. The Morgan fingerprint density at radius 1 is 0.808 bits per heavy atom. The van der Waals surface area contributed by atoms with Gasteiger partial charge >= 0.3 is 0 Å². The normalized spacial score (nSPS) is 19.6. The summed E-state index contributed by atoms with van der Waals surface area (Å²) in [5.41, 5.74) is 12.3. The number of aliphatic imine (C=N–C) groups is 1. The topological polar surface area (TPSA) is 53.6 Å². The lowest BCUT2D eigenvalue weighted by Gasteiger charge is -2.37. The maximum absolute atomic E-state index is 6.74. The van der Waals surface area contributed by atoms with Gasteiger partial charge < -0.3 is 5.43 Å². The summed E-state index contributed by atoms with van der Waals surface area (Å²) in [6, 6.07) is 30.7. The van der Waals surface area contributed by atoms with Crippen molar-refractivity contribution >= 4 is 18.1 Å². The molecule has 0 saturated carbocycles. The Bertz CT molecular complexity index is 831. The van der Waals surface area contributed by atoms with Crippen molar-refractivity contribution in [2.24, 2.45) is 10.7 Å². The minimum absolute atomic E-state index is 0.0684. The molecule has 3 N–H and O–H groups in total. The Morgan fingerprint density at radius 3 is 1.85 bits per heavy atom. The monoisotopic (exact) mass is 360 g/mol. The van der Waals surface area contributed by atoms with Crippen molar-refractivity contribution in [3.05, 3.63) is 102 Å². The van der Waals surface area contributed by atoms with Gasteiger partial charge in [-0.2, -0.15) is 5.01 Å². The number of thioether (sulfide) groups is 1. The zero-order valence-electron chi connectivity index (χ0n) is 14.2. The molecule has 1 atom stereocenters. The van der Waals surface area contributed by atoms with Gasteiger partial charge in [-0.25, -0.2) is 4.99 Å². The van der Waals surface area contributed by atoms with Crippen molar-refractivity contribution in [3.8, 4) is 0 Å². The Kier molecular flexibility index (Phi) is 4.75. The first-order chi connectivity index (χ1) is 12.8. The van der Waals surface area contributed by atoms with Gasteiger partial charge in [0.15, 0.2) is 0 Å². The van der Waals surface area contributed by atoms with Gasteiger partial charge in [0.2, 0.25) is 5.12 Å². The summed E-state index contributed by atoms with van der Waals surface area (Å²) < 4.78 is 0. The molecule has 4 rings (SSSR count). The largest absolute Gasteiger partial charge is 0.305 e. The molecule has 4 nitrogen and oxygen atoms in total. The molecule has 1 heterocycles. The van der Waals surface area contributed by atoms with E-state index in [9.17, 15) is 0 Å². The average molecular weight is 360 g/mol. The fraction of sp³-hybridized carbons (Fsp3) is 0.0952. The van der Waals surface area contributed by atoms with Crippen LogP contribution in [-0.4, -0.2) is 16.5 Å². The minimum atomic E-state index is -0.947. The second-order valence-corrected chi connectivity index (χ2v) is 7.33. The summed E-state index contributed by atoms with van der Waals surface area (Å²) in [5.74, 6) is 0. The van der Waals surface area contributed by atoms with Gasteiger partial charge in [0.1, 0.15) is 6.34 Å². The van der Waals surface area contributed by atoms with Crippen LogP contribution in [0.4, 0.5) is 0 Å². The SMILES string of the molecule is NC1(Sc2ccccc2)N=CNN1C(c1ccccc1)c1ccccc1. The van der Waals surface area contributed by atoms with E-state index in [0.717, 1.165) is 16.0 Å². The predicted octanol–water partition coefficient (Wildman–Crippen LogP) is 3.99. The van der Waals surface area contributed by atoms with Crippen molar-refractivity contribution in [3.63, 3.8) is 0 Å². The first kappa shape index (κ1) is 16.8. The fourth-order valence-electron chi connectivity index (χ4n) is 3.10. The number of nitrogens with two attached hydrogens (primary N) is 1. The molecular formula is C21H20N4S. The van der Waals surface area contributed by atoms with E-state index >= 15 is 0 Å². The van der Waals surface area contributed by atoms with Crippen LogP contribution in [-0.2, 0) is 0 Å². The van der Waals surface area contributed by atoms with Crippen LogP contribution in [0.25, 0.3) is 0 Å². The van der Waals surface area contributed by atoms with Crippen LogP contribution in [0.5, 0.6) is 0 Å². The van der Waals surface area contributed by atoms with Crippen molar-refractivity contribution < 1.29 is 0 Å². The van der Waals surface area contributed by atoms with E-state index in [2.05, 4.69) is 34.7 Å². The number of nitrogens with one attached hydrogen (secondary N) is 1. The fourth-order valence-corrected chi connectivity index (χ4v) is 4.10. The van der Waals surface area contributed by atoms with E-state index in [1.54, 1.807) is 6.34 Å². The molecule has 0 aromatic heterocycles. The highest BCUT2D eigenvalue weighted by Crippen LogP contribution is 2.40. The average Bonchev–Trinajstić information content (AvgIpc) is 3.05. The van der Waals surface area contributed by atoms with Crippen LogP contribution in [0.1, 0.15) is 17.2 Å². The zero-order valence-corrected chi connectivity index (χ0v) is 15.0. The lowest BCUT2D eigenvalue weighted by atomic mass is 9.98. The Morgan fingerprint density at radius 2 is 1.31 bits per heavy atom. The number of hydrogen-bond acceptors (Lipinski definition) is 5. The molecule has 0 aliphatic carbocycles. The van der Waals surface area contributed by atoms with E-state index in [4.69, 9.17) is 5.73 Å². The molecule has 26 heavy (non-hydrogen) atoms. The van der Waals surface area contributed by atoms with Gasteiger partial charge in [-0.05, 0) is 23.3 Å². The number of benzene rings is 3. The standard InChI is InChI=1S/C21H20N4S/c22-21(26-19-14-8-3-9-15-19)23-16-24-25(21)20(17-10-4-1-5-11-17)18-12-6-2-7-13-18/h1-16,20H,22H2,(H,23,24). The summed E-state index contributed by atoms with van der Waals surface area (Å²) >= 11 is 1.52. The van der Waals surface area contributed by atoms with Gasteiger partial charge in [0.25, 0.3) is 0 Å². The lowest BCUT2D eigenvalue weighted by Crippen LogP contribution is -2.54. The summed E-state index contributed by atoms with van der Waals surface area (Å²) in [7, 11) is 0. The molecule has 1 aliphatic heterocycles. The summed E-state index contributed by atoms with van der Waals surface area (Å²) in [6.45, 7) is 0. The van der Waals surface area contributed by atoms with E-state index in [1.165, 1.54) is 11.8 Å². The molecule has 5 heteroatoms. The first-order valence-corrected chi connectivity index (χ1v) is 9.30. The summed E-state index contributed by atoms with van der Waals surface area (Å²) in [6.07, 6.45) is 1.68. The molecule has 1 unspecified atom stereocenters. The molecule has 3 aromatic rings. The molecule has 0 amide bonds. The molecule has 130 valence electrons. The molecule has 1 aliphatic rings. The molecular weight excluding hydrogens is 340 g/mol. The van der Waals surface area contributed by atoms with Crippen LogP contribution in [0, 0.1) is 0 Å². The van der Waals surface area contributed by atoms with Crippen LogP contribution in [0.2, 0.25) is 0 Å². The Labute approximate surface area is 157 Å². The first-order valence-electron chi connectivity index (χ1n) is 8.48. The second-order valence-electron chi connectivity index (χ2n) is 6.05. The second kappa shape index (κ2) is 7.33. The van der Waals surface area contributed by atoms with Crippen LogP contribution in [0.3, 0.4) is 0 Å². The number of hydrogen-bond donors (Lipinski definition) is 2. The van der Waals surface area contributed by atoms with E-state index in [-0.39, 0.29) is 6.04 Å². The van der Waals surface area contributed by atoms with Crippen molar-refractivity contribution in [1.29, 1.82) is 0 Å². The third kappa shape index (κ3) is 3.37. The molecule has 0 spiro atoms. The third-order valence-corrected chi connectivity index (χ3v) is 5.40. The zero-order chi connectivity index (χ0) is 17.8. The summed E-state index contributed by atoms with van der Waals surface area (Å²) in [5, 5.41) is 1.06. The van der Waals surface area contributed by atoms with Crippen molar-refractivity contribution in [2.75, 3.05) is 0 Å². The van der Waals surface area contributed by atoms with Crippen LogP contribution in [0.15, 0.2) is 101 Å². The van der Waals surface area contributed by atoms with Crippen LogP contribution >= 0.6 is 11.8 Å².